The quantitative estimate of drug-likeness (QED) is 0.652. The molecule has 0 spiro atoms. The first-order chi connectivity index (χ1) is 10.4. The lowest BCUT2D eigenvalue weighted by Crippen LogP contribution is -2.32. The third kappa shape index (κ3) is 1.55. The van der Waals surface area contributed by atoms with E-state index in [1.54, 1.807) is 25.7 Å². The van der Waals surface area contributed by atoms with Crippen LogP contribution in [0.25, 0.3) is 0 Å². The van der Waals surface area contributed by atoms with E-state index in [9.17, 15) is 0 Å². The third-order valence-corrected chi connectivity index (χ3v) is 10.0. The van der Waals surface area contributed by atoms with Gasteiger partial charge in [0.1, 0.15) is 0 Å². The van der Waals surface area contributed by atoms with Crippen molar-refractivity contribution in [3.05, 3.63) is 24.3 Å². The topological polar surface area (TPSA) is 0 Å². The summed E-state index contributed by atoms with van der Waals surface area (Å²) in [7, 11) is 0. The zero-order valence-electron chi connectivity index (χ0n) is 12.7. The Morgan fingerprint density at radius 3 is 2.29 bits per heavy atom. The van der Waals surface area contributed by atoms with Gasteiger partial charge in [0.25, 0.3) is 0 Å². The summed E-state index contributed by atoms with van der Waals surface area (Å²) >= 11 is 2.48. The van der Waals surface area contributed by atoms with Crippen molar-refractivity contribution >= 4 is 11.8 Å². The third-order valence-electron chi connectivity index (χ3n) is 8.24. The largest absolute Gasteiger partial charge is 0.155 e. The van der Waals surface area contributed by atoms with E-state index >= 15 is 0 Å². The highest BCUT2D eigenvalue weighted by Crippen LogP contribution is 2.64. The summed E-state index contributed by atoms with van der Waals surface area (Å²) in [6, 6.07) is 0. The zero-order valence-corrected chi connectivity index (χ0v) is 13.6. The van der Waals surface area contributed by atoms with Crippen molar-refractivity contribution in [2.75, 3.05) is 0 Å². The van der Waals surface area contributed by atoms with Gasteiger partial charge in [0.2, 0.25) is 0 Å². The minimum atomic E-state index is 0.987. The second-order valence-corrected chi connectivity index (χ2v) is 10.3. The molecule has 0 aromatic rings. The molecule has 0 N–H and O–H groups in total. The fourth-order valence-electron chi connectivity index (χ4n) is 7.52. The first-order valence-corrected chi connectivity index (χ1v) is 10.3. The maximum absolute atomic E-state index is 2.60. The second-order valence-electron chi connectivity index (χ2n) is 8.81. The van der Waals surface area contributed by atoms with Gasteiger partial charge in [-0.2, -0.15) is 11.8 Å². The second kappa shape index (κ2) is 4.22. The van der Waals surface area contributed by atoms with Gasteiger partial charge in [-0.25, -0.2) is 0 Å². The Morgan fingerprint density at radius 2 is 1.33 bits per heavy atom. The molecule has 10 atom stereocenters. The number of hydrogen-bond acceptors (Lipinski definition) is 1. The van der Waals surface area contributed by atoms with Gasteiger partial charge in [-0.15, -0.1) is 0 Å². The Kier molecular flexibility index (Phi) is 2.47. The SMILES string of the molecule is C1=CC2C(C1)C1CC(SC3CC4CC3C3CC=CC43)C2C1. The summed E-state index contributed by atoms with van der Waals surface area (Å²) in [4.78, 5) is 0. The molecule has 0 heterocycles. The van der Waals surface area contributed by atoms with E-state index in [0.717, 1.165) is 57.8 Å². The highest BCUT2D eigenvalue weighted by molar-refractivity contribution is 8.00. The molecule has 4 saturated carbocycles. The van der Waals surface area contributed by atoms with Gasteiger partial charge in [0.15, 0.2) is 0 Å². The molecular weight excluding hydrogens is 272 g/mol. The molecule has 0 aromatic heterocycles. The molecular formula is C20H26S. The van der Waals surface area contributed by atoms with Crippen LogP contribution in [0.1, 0.15) is 38.5 Å². The van der Waals surface area contributed by atoms with Crippen molar-refractivity contribution < 1.29 is 0 Å². The van der Waals surface area contributed by atoms with Crippen LogP contribution in [0.15, 0.2) is 24.3 Å². The van der Waals surface area contributed by atoms with Gasteiger partial charge in [-0.05, 0) is 85.9 Å². The van der Waals surface area contributed by atoms with Crippen molar-refractivity contribution in [3.8, 4) is 0 Å². The average molecular weight is 298 g/mol. The van der Waals surface area contributed by atoms with E-state index in [1.807, 2.05) is 0 Å². The molecule has 0 nitrogen and oxygen atoms in total. The summed E-state index contributed by atoms with van der Waals surface area (Å²) < 4.78 is 0. The lowest BCUT2D eigenvalue weighted by Gasteiger charge is -2.37. The molecule has 1 heteroatoms. The number of allylic oxidation sites excluding steroid dienone is 4. The highest BCUT2D eigenvalue weighted by Gasteiger charge is 2.56. The van der Waals surface area contributed by atoms with Crippen LogP contribution in [0.5, 0.6) is 0 Å². The van der Waals surface area contributed by atoms with Crippen molar-refractivity contribution in [3.63, 3.8) is 0 Å². The first-order valence-electron chi connectivity index (χ1n) is 9.37. The fourth-order valence-corrected chi connectivity index (χ4v) is 9.69. The number of fused-ring (bicyclic) bond motifs is 10. The van der Waals surface area contributed by atoms with Crippen molar-refractivity contribution in [1.82, 2.24) is 0 Å². The molecule has 0 saturated heterocycles. The number of thioether (sulfide) groups is 1. The normalized spacial score (nSPS) is 61.9. The van der Waals surface area contributed by atoms with Crippen molar-refractivity contribution in [2.24, 2.45) is 47.3 Å². The van der Waals surface area contributed by atoms with E-state index < -0.39 is 0 Å². The highest BCUT2D eigenvalue weighted by atomic mass is 32.2. The molecule has 112 valence electrons. The standard InChI is InChI=1S/C20H26S/c1-3-13-11-7-17(15(13)5-1)19(9-11)21-20-10-12-8-18(20)16-6-2-4-14(12)16/h1-3,6,11-20H,4-5,7-10H2. The zero-order chi connectivity index (χ0) is 13.6. The Hall–Kier alpha value is -0.170. The van der Waals surface area contributed by atoms with E-state index in [1.165, 1.54) is 12.8 Å². The van der Waals surface area contributed by atoms with Crippen LogP contribution in [-0.4, -0.2) is 10.5 Å². The minimum absolute atomic E-state index is 0.987. The first kappa shape index (κ1) is 12.3. The smallest absolute Gasteiger partial charge is 0.00867 e. The summed E-state index contributed by atoms with van der Waals surface area (Å²) in [6.07, 6.45) is 19.2. The summed E-state index contributed by atoms with van der Waals surface area (Å²) in [5.41, 5.74) is 0. The van der Waals surface area contributed by atoms with Gasteiger partial charge in [-0.1, -0.05) is 24.3 Å². The van der Waals surface area contributed by atoms with Crippen LogP contribution in [0, 0.1) is 47.3 Å². The fraction of sp³-hybridized carbons (Fsp3) is 0.800. The van der Waals surface area contributed by atoms with Crippen molar-refractivity contribution in [2.45, 2.75) is 49.0 Å². The van der Waals surface area contributed by atoms with E-state index in [0.29, 0.717) is 0 Å². The van der Waals surface area contributed by atoms with E-state index in [-0.39, 0.29) is 0 Å². The van der Waals surface area contributed by atoms with Crippen LogP contribution in [0.2, 0.25) is 0 Å². The van der Waals surface area contributed by atoms with Crippen LogP contribution in [-0.2, 0) is 0 Å². The van der Waals surface area contributed by atoms with E-state index in [4.69, 9.17) is 0 Å². The lowest BCUT2D eigenvalue weighted by atomic mass is 9.81. The monoisotopic (exact) mass is 298 g/mol. The molecule has 6 aliphatic rings. The predicted octanol–water partition coefficient (Wildman–Crippen LogP) is 4.92. The van der Waals surface area contributed by atoms with Gasteiger partial charge in [-0.3, -0.25) is 0 Å². The lowest BCUT2D eigenvalue weighted by molar-refractivity contribution is 0.281. The molecule has 0 aliphatic heterocycles. The Bertz CT molecular complexity index is 520. The van der Waals surface area contributed by atoms with Crippen molar-refractivity contribution in [1.29, 1.82) is 0 Å². The van der Waals surface area contributed by atoms with Gasteiger partial charge < -0.3 is 0 Å². The molecule has 0 aromatic carbocycles. The molecule has 21 heavy (non-hydrogen) atoms. The van der Waals surface area contributed by atoms with Crippen LogP contribution >= 0.6 is 11.8 Å². The molecule has 6 aliphatic carbocycles. The van der Waals surface area contributed by atoms with Crippen LogP contribution < -0.4 is 0 Å². The minimum Gasteiger partial charge on any atom is -0.155 e. The van der Waals surface area contributed by atoms with Crippen LogP contribution in [0.3, 0.4) is 0 Å². The average Bonchev–Trinajstić information content (AvgIpc) is 3.26. The number of rotatable bonds is 2. The van der Waals surface area contributed by atoms with E-state index in [2.05, 4.69) is 36.1 Å². The summed E-state index contributed by atoms with van der Waals surface area (Å²) in [5, 5.41) is 2.06. The summed E-state index contributed by atoms with van der Waals surface area (Å²) in [5.74, 6) is 8.39. The maximum Gasteiger partial charge on any atom is 0.00867 e. The Morgan fingerprint density at radius 1 is 0.619 bits per heavy atom. The molecule has 4 bridgehead atoms. The molecule has 10 unspecified atom stereocenters. The van der Waals surface area contributed by atoms with Gasteiger partial charge in [0.05, 0.1) is 0 Å². The molecule has 0 amide bonds. The molecule has 0 radical (unpaired) electrons. The van der Waals surface area contributed by atoms with Gasteiger partial charge >= 0.3 is 0 Å². The molecule has 6 rings (SSSR count). The predicted molar refractivity (Wildman–Crippen MR) is 89.1 cm³/mol. The number of hydrogen-bond donors (Lipinski definition) is 0. The summed E-state index contributed by atoms with van der Waals surface area (Å²) in [6.45, 7) is 0. The van der Waals surface area contributed by atoms with Crippen LogP contribution in [0.4, 0.5) is 0 Å². The molecule has 4 fully saturated rings. The maximum atomic E-state index is 2.60. The Balaban J connectivity index is 1.19. The van der Waals surface area contributed by atoms with Gasteiger partial charge in [0, 0.05) is 10.5 Å². The Labute approximate surface area is 132 Å².